The molecule has 0 unspecified atom stereocenters. The fourth-order valence-corrected chi connectivity index (χ4v) is 10.6. The lowest BCUT2D eigenvalue weighted by atomic mass is 9.91. The number of hydrogen-bond donors (Lipinski definition) is 0. The molecule has 0 aliphatic heterocycles. The Balaban J connectivity index is 1.13. The van der Waals surface area contributed by atoms with Gasteiger partial charge >= 0.3 is 0 Å². The highest BCUT2D eigenvalue weighted by molar-refractivity contribution is 6.28. The SMILES string of the molecule is COc1ccc(N(c2cc(-c3c(F)cccc3F)cc(-c3c(F)cccc3F)c2)c2ccc3ccc4c(N(c5ccc(OC)cc5)c5cc(-c6c(F)cccc6F)cc(-c6c(F)cccc6F)c5)ccc5ccc2c3c54)cc1. The monoisotopic (exact) mass is 1040 g/mol. The molecular formula is C66H40F8N2O2. The first kappa shape index (κ1) is 49.2. The number of methoxy groups -OCH3 is 2. The standard InChI is InChI=1S/C66H40F8N2O2/c1-77-47-23-19-43(20-24-47)75(45-33-39(63-51(67)7-3-8-52(63)68)31-40(34-45)64-53(69)9-4-10-54(64)70)59-29-17-37-16-28-50-60(30-18-38-15-27-49(59)61(37)62(38)50)76(44-21-25-48(78-2)26-22-44)46-35-41(65-55(71)11-5-12-56(65)72)32-42(36-46)66-57(73)13-6-14-58(66)74/h3-36H,1-2H3. The molecule has 12 aromatic carbocycles. The third-order valence-corrected chi connectivity index (χ3v) is 14.1. The van der Waals surface area contributed by atoms with Crippen LogP contribution in [-0.4, -0.2) is 14.2 Å². The highest BCUT2D eigenvalue weighted by Gasteiger charge is 2.27. The van der Waals surface area contributed by atoms with Gasteiger partial charge in [-0.25, -0.2) is 35.1 Å². The van der Waals surface area contributed by atoms with Crippen molar-refractivity contribution < 1.29 is 44.6 Å². The van der Waals surface area contributed by atoms with Crippen LogP contribution in [0.5, 0.6) is 11.5 Å². The number of hydrogen-bond acceptors (Lipinski definition) is 4. The highest BCUT2D eigenvalue weighted by atomic mass is 19.2. The highest BCUT2D eigenvalue weighted by Crippen LogP contribution is 2.50. The Labute approximate surface area is 442 Å². The molecule has 0 bridgehead atoms. The molecule has 78 heavy (non-hydrogen) atoms. The molecule has 0 N–H and O–H groups in total. The van der Waals surface area contributed by atoms with Crippen LogP contribution in [0.15, 0.2) is 206 Å². The summed E-state index contributed by atoms with van der Waals surface area (Å²) in [5.74, 6) is -5.98. The fourth-order valence-electron chi connectivity index (χ4n) is 10.6. The van der Waals surface area contributed by atoms with E-state index >= 15 is 35.1 Å². The van der Waals surface area contributed by atoms with Gasteiger partial charge in [-0.3, -0.25) is 0 Å². The van der Waals surface area contributed by atoms with Crippen LogP contribution in [0.4, 0.5) is 69.2 Å². The summed E-state index contributed by atoms with van der Waals surface area (Å²) in [6, 6.07) is 52.5. The smallest absolute Gasteiger partial charge is 0.133 e. The molecule has 0 aliphatic rings. The number of benzene rings is 12. The van der Waals surface area contributed by atoms with E-state index in [1.54, 1.807) is 72.8 Å². The lowest BCUT2D eigenvalue weighted by Crippen LogP contribution is -2.12. The van der Waals surface area contributed by atoms with Crippen molar-refractivity contribution in [3.8, 4) is 56.0 Å². The third-order valence-electron chi connectivity index (χ3n) is 14.1. The topological polar surface area (TPSA) is 24.9 Å². The minimum absolute atomic E-state index is 0.0166. The van der Waals surface area contributed by atoms with Crippen molar-refractivity contribution in [2.24, 2.45) is 0 Å². The minimum Gasteiger partial charge on any atom is -0.497 e. The summed E-state index contributed by atoms with van der Waals surface area (Å²) < 4.78 is 138. The number of anilines is 6. The summed E-state index contributed by atoms with van der Waals surface area (Å²) in [6.07, 6.45) is 0. The van der Waals surface area contributed by atoms with Gasteiger partial charge < -0.3 is 19.3 Å². The predicted octanol–water partition coefficient (Wildman–Crippen LogP) is 19.3. The quantitative estimate of drug-likeness (QED) is 0.0899. The van der Waals surface area contributed by atoms with E-state index in [2.05, 4.69) is 0 Å². The third kappa shape index (κ3) is 8.51. The molecule has 0 amide bonds. The maximum absolute atomic E-state index is 15.8. The van der Waals surface area contributed by atoms with Crippen molar-refractivity contribution in [2.75, 3.05) is 24.0 Å². The molecule has 382 valence electrons. The van der Waals surface area contributed by atoms with E-state index < -0.39 is 68.8 Å². The summed E-state index contributed by atoms with van der Waals surface area (Å²) in [7, 11) is 3.06. The Morgan fingerprint density at radius 1 is 0.282 bits per heavy atom. The van der Waals surface area contributed by atoms with Crippen LogP contribution in [0.2, 0.25) is 0 Å². The van der Waals surface area contributed by atoms with Gasteiger partial charge in [-0.1, -0.05) is 60.7 Å². The zero-order valence-corrected chi connectivity index (χ0v) is 41.4. The van der Waals surface area contributed by atoms with Crippen LogP contribution in [0.1, 0.15) is 0 Å². The predicted molar refractivity (Wildman–Crippen MR) is 294 cm³/mol. The Morgan fingerprint density at radius 3 is 0.821 bits per heavy atom. The molecule has 0 spiro atoms. The average molecular weight is 1050 g/mol. The van der Waals surface area contributed by atoms with Crippen LogP contribution < -0.4 is 19.3 Å². The Bertz CT molecular complexity index is 3800. The van der Waals surface area contributed by atoms with Crippen molar-refractivity contribution in [3.05, 3.63) is 253 Å². The molecule has 0 aliphatic carbocycles. The molecule has 0 radical (unpaired) electrons. The summed E-state index contributed by atoms with van der Waals surface area (Å²) >= 11 is 0. The Morgan fingerprint density at radius 2 is 0.551 bits per heavy atom. The number of ether oxygens (including phenoxy) is 2. The second-order valence-electron chi connectivity index (χ2n) is 18.6. The molecule has 0 heterocycles. The fraction of sp³-hybridized carbons (Fsp3) is 0.0303. The van der Waals surface area contributed by atoms with Crippen LogP contribution in [0, 0.1) is 46.5 Å². The van der Waals surface area contributed by atoms with Crippen molar-refractivity contribution in [2.45, 2.75) is 0 Å². The van der Waals surface area contributed by atoms with E-state index in [4.69, 9.17) is 9.47 Å². The van der Waals surface area contributed by atoms with E-state index in [1.165, 1.54) is 50.6 Å². The first-order valence-corrected chi connectivity index (χ1v) is 24.6. The maximum atomic E-state index is 15.8. The van der Waals surface area contributed by atoms with E-state index in [9.17, 15) is 0 Å². The molecule has 4 nitrogen and oxygen atoms in total. The molecule has 0 fully saturated rings. The zero-order valence-electron chi connectivity index (χ0n) is 41.4. The van der Waals surface area contributed by atoms with Crippen LogP contribution in [0.3, 0.4) is 0 Å². The summed E-state index contributed by atoms with van der Waals surface area (Å²) in [4.78, 5) is 3.69. The van der Waals surface area contributed by atoms with Gasteiger partial charge in [0.25, 0.3) is 0 Å². The van der Waals surface area contributed by atoms with Gasteiger partial charge in [0, 0.05) is 33.5 Å². The number of halogens is 8. The van der Waals surface area contributed by atoms with Gasteiger partial charge in [-0.15, -0.1) is 0 Å². The van der Waals surface area contributed by atoms with Crippen LogP contribution >= 0.6 is 0 Å². The largest absolute Gasteiger partial charge is 0.497 e. The van der Waals surface area contributed by atoms with Gasteiger partial charge in [0.1, 0.15) is 58.0 Å². The molecule has 0 atom stereocenters. The van der Waals surface area contributed by atoms with Gasteiger partial charge in [0.05, 0.1) is 47.8 Å². The molecule has 12 heteroatoms. The van der Waals surface area contributed by atoms with E-state index in [0.29, 0.717) is 56.4 Å². The van der Waals surface area contributed by atoms with Gasteiger partial charge in [0.2, 0.25) is 0 Å². The molecule has 0 saturated heterocycles. The maximum Gasteiger partial charge on any atom is 0.133 e. The molecule has 0 saturated carbocycles. The summed E-state index contributed by atoms with van der Waals surface area (Å²) in [5, 5.41) is 4.60. The second kappa shape index (κ2) is 19.8. The van der Waals surface area contributed by atoms with Crippen molar-refractivity contribution in [3.63, 3.8) is 0 Å². The number of rotatable bonds is 12. The minimum atomic E-state index is -0.882. The second-order valence-corrected chi connectivity index (χ2v) is 18.6. The van der Waals surface area contributed by atoms with Crippen molar-refractivity contribution >= 4 is 66.4 Å². The lowest BCUT2D eigenvalue weighted by Gasteiger charge is -2.30. The van der Waals surface area contributed by atoms with Crippen LogP contribution in [-0.2, 0) is 0 Å². The van der Waals surface area contributed by atoms with Crippen LogP contribution in [0.25, 0.3) is 76.8 Å². The van der Waals surface area contributed by atoms with E-state index in [0.717, 1.165) is 70.1 Å². The molecule has 0 aromatic heterocycles. The zero-order chi connectivity index (χ0) is 53.9. The molecular weight excluding hydrogens is 1000 g/mol. The van der Waals surface area contributed by atoms with Crippen molar-refractivity contribution in [1.29, 1.82) is 0 Å². The Hall–Kier alpha value is -9.68. The number of nitrogens with zero attached hydrogens (tertiary/aromatic N) is 2. The Kier molecular flexibility index (Phi) is 12.5. The first-order chi connectivity index (χ1) is 37.9. The van der Waals surface area contributed by atoms with Crippen molar-refractivity contribution in [1.82, 2.24) is 0 Å². The summed E-state index contributed by atoms with van der Waals surface area (Å²) in [6.45, 7) is 0. The summed E-state index contributed by atoms with van der Waals surface area (Å²) in [5.41, 5.74) is 1.33. The van der Waals surface area contributed by atoms with Gasteiger partial charge in [0.15, 0.2) is 0 Å². The molecule has 12 rings (SSSR count). The van der Waals surface area contributed by atoms with E-state index in [1.807, 2.05) is 58.3 Å². The van der Waals surface area contributed by atoms with E-state index in [-0.39, 0.29) is 22.3 Å². The molecule has 12 aromatic rings. The van der Waals surface area contributed by atoms with Gasteiger partial charge in [-0.05, 0) is 189 Å². The lowest BCUT2D eigenvalue weighted by molar-refractivity contribution is 0.414. The van der Waals surface area contributed by atoms with Gasteiger partial charge in [-0.2, -0.15) is 0 Å². The normalized spacial score (nSPS) is 11.5. The first-order valence-electron chi connectivity index (χ1n) is 24.6. The average Bonchev–Trinajstić information content (AvgIpc) is 3.51.